The second kappa shape index (κ2) is 4.85. The molecule has 1 aromatic rings. The van der Waals surface area contributed by atoms with Gasteiger partial charge in [0, 0.05) is 6.07 Å². The van der Waals surface area contributed by atoms with Crippen molar-refractivity contribution in [3.63, 3.8) is 0 Å². The van der Waals surface area contributed by atoms with Gasteiger partial charge in [-0.15, -0.1) is 0 Å². The van der Waals surface area contributed by atoms with Crippen LogP contribution in [0, 0.1) is 0 Å². The van der Waals surface area contributed by atoms with Gasteiger partial charge in [-0.25, -0.2) is 9.59 Å². The molecule has 3 N–H and O–H groups in total. The first-order valence-electron chi connectivity index (χ1n) is 2.66. The van der Waals surface area contributed by atoms with Crippen LogP contribution in [0.15, 0.2) is 15.7 Å². The minimum absolute atomic E-state index is 0. The summed E-state index contributed by atoms with van der Waals surface area (Å²) in [7, 11) is 0. The van der Waals surface area contributed by atoms with E-state index < -0.39 is 22.9 Å². The Bertz CT molecular complexity index is 370. The van der Waals surface area contributed by atoms with E-state index in [1.165, 1.54) is 0 Å². The Hall–Kier alpha value is -0.0448. The fourth-order valence-corrected chi connectivity index (χ4v) is 0.584. The van der Waals surface area contributed by atoms with Gasteiger partial charge < -0.3 is 11.5 Å². The molecule has 6 nitrogen and oxygen atoms in total. The first kappa shape index (κ1) is 12.0. The molecule has 0 fully saturated rings. The molecule has 0 spiro atoms. The SMILES string of the molecule is O=C(O)c1cc(=O)[nH]c(=O)[nH]1.[H-].[Rb+]. The molecule has 0 bridgehead atoms. The van der Waals surface area contributed by atoms with Gasteiger partial charge in [0.15, 0.2) is 0 Å². The van der Waals surface area contributed by atoms with Crippen LogP contribution in [0.25, 0.3) is 0 Å². The van der Waals surface area contributed by atoms with Gasteiger partial charge in [-0.05, 0) is 0 Å². The molecule has 7 heteroatoms. The van der Waals surface area contributed by atoms with E-state index in [0.29, 0.717) is 0 Å². The summed E-state index contributed by atoms with van der Waals surface area (Å²) in [6.07, 6.45) is 0. The first-order valence-corrected chi connectivity index (χ1v) is 2.66. The summed E-state index contributed by atoms with van der Waals surface area (Å²) in [5.74, 6) is -1.34. The summed E-state index contributed by atoms with van der Waals surface area (Å²) < 4.78 is 0. The van der Waals surface area contributed by atoms with E-state index in [-0.39, 0.29) is 59.6 Å². The van der Waals surface area contributed by atoms with Gasteiger partial charge in [0.2, 0.25) is 0 Å². The van der Waals surface area contributed by atoms with Crippen LogP contribution >= 0.6 is 0 Å². The molecule has 0 aliphatic carbocycles. The molecular formula is C5H5N2O4Rb. The van der Waals surface area contributed by atoms with E-state index >= 15 is 0 Å². The standard InChI is InChI=1S/C5H4N2O4.Rb.H/c8-3-1-2(4(9)10)6-5(11)7-3;;/h1H,(H,9,10)(H2,6,7,8,11);;/q;+1;-1. The number of carboxylic acids is 1. The topological polar surface area (TPSA) is 103 Å². The second-order valence-corrected chi connectivity index (χ2v) is 1.81. The van der Waals surface area contributed by atoms with Crippen LogP contribution in [0.2, 0.25) is 0 Å². The maximum atomic E-state index is 10.5. The summed E-state index contributed by atoms with van der Waals surface area (Å²) in [6, 6.07) is 0.795. The largest absolute Gasteiger partial charge is 1.00 e. The summed E-state index contributed by atoms with van der Waals surface area (Å²) in [5.41, 5.74) is -1.97. The van der Waals surface area contributed by atoms with E-state index in [1.54, 1.807) is 0 Å². The van der Waals surface area contributed by atoms with Crippen molar-refractivity contribution in [1.29, 1.82) is 0 Å². The Balaban J connectivity index is 0. The van der Waals surface area contributed by atoms with Crippen molar-refractivity contribution in [2.45, 2.75) is 0 Å². The number of aromatic nitrogens is 2. The van der Waals surface area contributed by atoms with Crippen molar-refractivity contribution in [1.82, 2.24) is 9.97 Å². The molecule has 0 aromatic carbocycles. The number of H-pyrrole nitrogens is 2. The predicted octanol–water partition coefficient (Wildman–Crippen LogP) is -4.12. The van der Waals surface area contributed by atoms with Crippen LogP contribution in [-0.2, 0) is 0 Å². The predicted molar refractivity (Wildman–Crippen MR) is 35.8 cm³/mol. The molecule has 0 aliphatic heterocycles. The first-order chi connectivity index (χ1) is 5.09. The molecular weight excluding hydrogens is 238 g/mol. The second-order valence-electron chi connectivity index (χ2n) is 1.81. The van der Waals surface area contributed by atoms with E-state index in [1.807, 2.05) is 9.97 Å². The third-order valence-electron chi connectivity index (χ3n) is 0.991. The number of hydrogen-bond acceptors (Lipinski definition) is 3. The molecule has 0 saturated carbocycles. The van der Waals surface area contributed by atoms with Gasteiger partial charge in [0.25, 0.3) is 5.56 Å². The number of aromatic carboxylic acids is 1. The number of aromatic amines is 2. The fourth-order valence-electron chi connectivity index (χ4n) is 0.584. The van der Waals surface area contributed by atoms with Crippen molar-refractivity contribution in [2.24, 2.45) is 0 Å². The monoisotopic (exact) mass is 242 g/mol. The Morgan fingerprint density at radius 3 is 2.42 bits per heavy atom. The Kier molecular flexibility index (Phi) is 4.84. The normalized spacial score (nSPS) is 8.67. The number of carbonyl (C=O) groups is 1. The zero-order valence-corrected chi connectivity index (χ0v) is 11.2. The molecule has 0 saturated heterocycles. The zero-order valence-electron chi connectivity index (χ0n) is 7.25. The number of carboxylic acid groups (broad SMARTS) is 1. The summed E-state index contributed by atoms with van der Waals surface area (Å²) in [6.45, 7) is 0. The van der Waals surface area contributed by atoms with E-state index in [9.17, 15) is 14.4 Å². The third-order valence-corrected chi connectivity index (χ3v) is 0.991. The molecule has 0 atom stereocenters. The van der Waals surface area contributed by atoms with Gasteiger partial charge in [0.05, 0.1) is 0 Å². The van der Waals surface area contributed by atoms with Gasteiger partial charge in [0.1, 0.15) is 5.69 Å². The summed E-state index contributed by atoms with van der Waals surface area (Å²) in [4.78, 5) is 34.9. The molecule has 0 aliphatic rings. The quantitative estimate of drug-likeness (QED) is 0.465. The van der Waals surface area contributed by atoms with Crippen molar-refractivity contribution < 1.29 is 69.5 Å². The molecule has 0 unspecified atom stereocenters. The van der Waals surface area contributed by atoms with Crippen LogP contribution in [0.4, 0.5) is 0 Å². The molecule has 12 heavy (non-hydrogen) atoms. The molecule has 1 heterocycles. The van der Waals surface area contributed by atoms with Crippen LogP contribution < -0.4 is 69.4 Å². The average Bonchev–Trinajstić information content (AvgIpc) is 1.85. The third kappa shape index (κ3) is 3.14. The fraction of sp³-hybridized carbons (Fsp3) is 0. The average molecular weight is 243 g/mol. The van der Waals surface area contributed by atoms with Crippen molar-refractivity contribution in [3.05, 3.63) is 32.6 Å². The summed E-state index contributed by atoms with van der Waals surface area (Å²) in [5, 5.41) is 8.31. The van der Waals surface area contributed by atoms with Crippen LogP contribution in [0.5, 0.6) is 0 Å². The molecule has 60 valence electrons. The molecule has 0 amide bonds. The minimum atomic E-state index is -1.34. The van der Waals surface area contributed by atoms with E-state index in [4.69, 9.17) is 5.11 Å². The zero-order chi connectivity index (χ0) is 8.43. The van der Waals surface area contributed by atoms with Crippen LogP contribution in [-0.4, -0.2) is 21.0 Å². The smallest absolute Gasteiger partial charge is 1.00 e. The van der Waals surface area contributed by atoms with Gasteiger partial charge >= 0.3 is 69.8 Å². The van der Waals surface area contributed by atoms with Gasteiger partial charge in [-0.2, -0.15) is 0 Å². The van der Waals surface area contributed by atoms with Gasteiger partial charge in [-0.3, -0.25) is 9.78 Å². The molecule has 1 rings (SSSR count). The van der Waals surface area contributed by atoms with Crippen molar-refractivity contribution in [3.8, 4) is 0 Å². The molecule has 0 radical (unpaired) electrons. The Morgan fingerprint density at radius 2 is 2.00 bits per heavy atom. The minimum Gasteiger partial charge on any atom is -1.00 e. The number of nitrogens with one attached hydrogen (secondary N) is 2. The van der Waals surface area contributed by atoms with E-state index in [0.717, 1.165) is 6.07 Å². The maximum Gasteiger partial charge on any atom is 1.00 e. The Labute approximate surface area is 116 Å². The van der Waals surface area contributed by atoms with Crippen LogP contribution in [0.1, 0.15) is 11.9 Å². The van der Waals surface area contributed by atoms with Gasteiger partial charge in [-0.1, -0.05) is 0 Å². The number of rotatable bonds is 1. The number of hydrogen-bond donors (Lipinski definition) is 3. The molecule has 1 aromatic heterocycles. The van der Waals surface area contributed by atoms with E-state index in [2.05, 4.69) is 0 Å². The summed E-state index contributed by atoms with van der Waals surface area (Å²) >= 11 is 0. The maximum absolute atomic E-state index is 10.5. The Morgan fingerprint density at radius 1 is 1.42 bits per heavy atom. The van der Waals surface area contributed by atoms with Crippen molar-refractivity contribution in [2.75, 3.05) is 0 Å². The van der Waals surface area contributed by atoms with Crippen LogP contribution in [0.3, 0.4) is 0 Å². The van der Waals surface area contributed by atoms with Crippen molar-refractivity contribution >= 4 is 5.97 Å².